The Bertz CT molecular complexity index is 769. The van der Waals surface area contributed by atoms with Crippen molar-refractivity contribution in [3.05, 3.63) is 59.2 Å². The monoisotopic (exact) mass is 337 g/mol. The van der Waals surface area contributed by atoms with E-state index in [0.29, 0.717) is 6.42 Å². The molecule has 0 bridgehead atoms. The number of hydrogen-bond donors (Lipinski definition) is 0. The van der Waals surface area contributed by atoms with Crippen molar-refractivity contribution in [1.29, 1.82) is 0 Å². The number of carbonyl (C=O) groups excluding carboxylic acids is 1. The topological polar surface area (TPSA) is 38.8 Å². The van der Waals surface area contributed by atoms with Crippen molar-refractivity contribution in [2.45, 2.75) is 38.6 Å². The predicted molar refractivity (Wildman–Crippen MR) is 95.8 cm³/mol. The summed E-state index contributed by atoms with van der Waals surface area (Å²) in [4.78, 5) is 14.8. The second-order valence-corrected chi connectivity index (χ2v) is 6.84. The lowest BCUT2D eigenvalue weighted by atomic mass is 10.0. The van der Waals surface area contributed by atoms with Crippen LogP contribution in [0.5, 0.6) is 11.5 Å². The van der Waals surface area contributed by atoms with Gasteiger partial charge in [-0.05, 0) is 49.4 Å². The van der Waals surface area contributed by atoms with Crippen LogP contribution in [0.25, 0.3) is 0 Å². The van der Waals surface area contributed by atoms with Crippen molar-refractivity contribution in [3.8, 4) is 11.5 Å². The second kappa shape index (κ2) is 6.79. The largest absolute Gasteiger partial charge is 0.454 e. The van der Waals surface area contributed by atoms with E-state index in [4.69, 9.17) is 9.47 Å². The standard InChI is InChI=1S/C21H23NO3/c1-15-4-8-17(9-5-15)18-3-2-12-22(18)21(23)11-7-16-6-10-19-20(13-16)25-14-24-19/h4-6,8-10,13,18H,2-3,7,11-12,14H2,1H3. The number of hydrogen-bond acceptors (Lipinski definition) is 3. The van der Waals surface area contributed by atoms with Gasteiger partial charge in [-0.2, -0.15) is 0 Å². The maximum absolute atomic E-state index is 12.8. The molecule has 2 heterocycles. The Hall–Kier alpha value is -2.49. The second-order valence-electron chi connectivity index (χ2n) is 6.84. The van der Waals surface area contributed by atoms with E-state index in [1.165, 1.54) is 11.1 Å². The van der Waals surface area contributed by atoms with E-state index in [0.717, 1.165) is 42.9 Å². The average molecular weight is 337 g/mol. The summed E-state index contributed by atoms with van der Waals surface area (Å²) in [5.41, 5.74) is 3.62. The van der Waals surface area contributed by atoms with Gasteiger partial charge in [0.05, 0.1) is 6.04 Å². The molecule has 0 spiro atoms. The number of nitrogens with zero attached hydrogens (tertiary/aromatic N) is 1. The maximum atomic E-state index is 12.8. The summed E-state index contributed by atoms with van der Waals surface area (Å²) in [6, 6.07) is 14.7. The first-order chi connectivity index (χ1) is 12.2. The fourth-order valence-electron chi connectivity index (χ4n) is 3.69. The molecule has 0 aliphatic carbocycles. The quantitative estimate of drug-likeness (QED) is 0.846. The third kappa shape index (κ3) is 3.34. The molecule has 4 rings (SSSR count). The van der Waals surface area contributed by atoms with Gasteiger partial charge in [-0.15, -0.1) is 0 Å². The Kier molecular flexibility index (Phi) is 4.35. The van der Waals surface area contributed by atoms with E-state index < -0.39 is 0 Å². The van der Waals surface area contributed by atoms with Crippen LogP contribution >= 0.6 is 0 Å². The normalized spacial score (nSPS) is 18.6. The minimum absolute atomic E-state index is 0.227. The van der Waals surface area contributed by atoms with Crippen molar-refractivity contribution >= 4 is 5.91 Å². The van der Waals surface area contributed by atoms with Crippen molar-refractivity contribution in [2.75, 3.05) is 13.3 Å². The van der Waals surface area contributed by atoms with E-state index in [1.807, 2.05) is 18.2 Å². The van der Waals surface area contributed by atoms with Crippen LogP contribution in [-0.2, 0) is 11.2 Å². The van der Waals surface area contributed by atoms with Gasteiger partial charge >= 0.3 is 0 Å². The van der Waals surface area contributed by atoms with Gasteiger partial charge < -0.3 is 14.4 Å². The molecular weight excluding hydrogens is 314 g/mol. The number of likely N-dealkylation sites (tertiary alicyclic amines) is 1. The van der Waals surface area contributed by atoms with Crippen molar-refractivity contribution in [3.63, 3.8) is 0 Å². The van der Waals surface area contributed by atoms with Crippen molar-refractivity contribution in [2.24, 2.45) is 0 Å². The zero-order valence-electron chi connectivity index (χ0n) is 14.5. The molecule has 0 radical (unpaired) electrons. The molecular formula is C21H23NO3. The minimum Gasteiger partial charge on any atom is -0.454 e. The molecule has 1 amide bonds. The first kappa shape index (κ1) is 16.0. The first-order valence-electron chi connectivity index (χ1n) is 8.95. The summed E-state index contributed by atoms with van der Waals surface area (Å²) in [6.45, 7) is 3.23. The Morgan fingerprint density at radius 3 is 2.76 bits per heavy atom. The van der Waals surface area contributed by atoms with Gasteiger partial charge in [-0.25, -0.2) is 0 Å². The number of fused-ring (bicyclic) bond motifs is 1. The van der Waals surface area contributed by atoms with Gasteiger partial charge in [-0.3, -0.25) is 4.79 Å². The average Bonchev–Trinajstić information content (AvgIpc) is 3.29. The highest BCUT2D eigenvalue weighted by molar-refractivity contribution is 5.77. The van der Waals surface area contributed by atoms with E-state index in [9.17, 15) is 4.79 Å². The number of rotatable bonds is 4. The SMILES string of the molecule is Cc1ccc(C2CCCN2C(=O)CCc2ccc3c(c2)OCO3)cc1. The fourth-order valence-corrected chi connectivity index (χ4v) is 3.69. The zero-order chi connectivity index (χ0) is 17.2. The van der Waals surface area contributed by atoms with Crippen LogP contribution in [0.4, 0.5) is 0 Å². The molecule has 25 heavy (non-hydrogen) atoms. The van der Waals surface area contributed by atoms with E-state index in [-0.39, 0.29) is 18.7 Å². The highest BCUT2D eigenvalue weighted by Gasteiger charge is 2.29. The van der Waals surface area contributed by atoms with Crippen LogP contribution in [-0.4, -0.2) is 24.1 Å². The van der Waals surface area contributed by atoms with E-state index in [1.54, 1.807) is 0 Å². The molecule has 4 heteroatoms. The Labute approximate surface area is 148 Å². The summed E-state index contributed by atoms with van der Waals surface area (Å²) in [7, 11) is 0. The Balaban J connectivity index is 1.41. The summed E-state index contributed by atoms with van der Waals surface area (Å²) < 4.78 is 10.7. The van der Waals surface area contributed by atoms with Gasteiger partial charge in [0.1, 0.15) is 0 Å². The highest BCUT2D eigenvalue weighted by Crippen LogP contribution is 2.34. The molecule has 0 N–H and O–H groups in total. The fraction of sp³-hybridized carbons (Fsp3) is 0.381. The molecule has 0 aromatic heterocycles. The van der Waals surface area contributed by atoms with Gasteiger partial charge in [-0.1, -0.05) is 35.9 Å². The molecule has 4 nitrogen and oxygen atoms in total. The molecule has 1 fully saturated rings. The molecule has 0 saturated carbocycles. The molecule has 2 aromatic carbocycles. The number of aryl methyl sites for hydroxylation is 2. The minimum atomic E-state index is 0.227. The lowest BCUT2D eigenvalue weighted by molar-refractivity contribution is -0.132. The third-order valence-electron chi connectivity index (χ3n) is 5.10. The summed E-state index contributed by atoms with van der Waals surface area (Å²) in [5, 5.41) is 0. The summed E-state index contributed by atoms with van der Waals surface area (Å²) in [6.07, 6.45) is 3.39. The number of ether oxygens (including phenoxy) is 2. The third-order valence-corrected chi connectivity index (χ3v) is 5.10. The zero-order valence-corrected chi connectivity index (χ0v) is 14.5. The van der Waals surface area contributed by atoms with Crippen LogP contribution in [0.2, 0.25) is 0 Å². The Morgan fingerprint density at radius 1 is 1.12 bits per heavy atom. The molecule has 2 aliphatic rings. The lowest BCUT2D eigenvalue weighted by Crippen LogP contribution is -2.30. The molecule has 2 aliphatic heterocycles. The van der Waals surface area contributed by atoms with Gasteiger partial charge in [0.25, 0.3) is 0 Å². The van der Waals surface area contributed by atoms with Gasteiger partial charge in [0.15, 0.2) is 11.5 Å². The molecule has 1 saturated heterocycles. The number of benzene rings is 2. The van der Waals surface area contributed by atoms with Gasteiger partial charge in [0, 0.05) is 13.0 Å². The van der Waals surface area contributed by atoms with Gasteiger partial charge in [0.2, 0.25) is 12.7 Å². The molecule has 1 unspecified atom stereocenters. The Morgan fingerprint density at radius 2 is 1.92 bits per heavy atom. The lowest BCUT2D eigenvalue weighted by Gasteiger charge is -2.25. The molecule has 1 atom stereocenters. The summed E-state index contributed by atoms with van der Waals surface area (Å²) >= 11 is 0. The smallest absolute Gasteiger partial charge is 0.231 e. The number of carbonyl (C=O) groups is 1. The van der Waals surface area contributed by atoms with Crippen LogP contribution in [0.1, 0.15) is 42.0 Å². The van der Waals surface area contributed by atoms with Crippen LogP contribution in [0, 0.1) is 6.92 Å². The predicted octanol–water partition coefficient (Wildman–Crippen LogP) is 4.02. The highest BCUT2D eigenvalue weighted by atomic mass is 16.7. The van der Waals surface area contributed by atoms with Crippen molar-refractivity contribution in [1.82, 2.24) is 4.90 Å². The maximum Gasteiger partial charge on any atom is 0.231 e. The van der Waals surface area contributed by atoms with Crippen molar-refractivity contribution < 1.29 is 14.3 Å². The number of amides is 1. The first-order valence-corrected chi connectivity index (χ1v) is 8.95. The summed E-state index contributed by atoms with van der Waals surface area (Å²) in [5.74, 6) is 1.80. The van der Waals surface area contributed by atoms with E-state index >= 15 is 0 Å². The molecule has 2 aromatic rings. The van der Waals surface area contributed by atoms with Crippen LogP contribution in [0.15, 0.2) is 42.5 Å². The van der Waals surface area contributed by atoms with Crippen LogP contribution < -0.4 is 9.47 Å². The van der Waals surface area contributed by atoms with E-state index in [2.05, 4.69) is 36.1 Å². The molecule has 130 valence electrons. The van der Waals surface area contributed by atoms with Crippen LogP contribution in [0.3, 0.4) is 0 Å².